The molecular weight excluding hydrogens is 308 g/mol. The van der Waals surface area contributed by atoms with Crippen molar-refractivity contribution in [3.05, 3.63) is 64.7 Å². The molecule has 0 aliphatic carbocycles. The van der Waals surface area contributed by atoms with Gasteiger partial charge in [0.15, 0.2) is 0 Å². The van der Waals surface area contributed by atoms with Gasteiger partial charge in [-0.05, 0) is 61.4 Å². The summed E-state index contributed by atoms with van der Waals surface area (Å²) in [6.45, 7) is 7.19. The lowest BCUT2D eigenvalue weighted by molar-refractivity contribution is 0.0953. The molecule has 1 amide bonds. The molecule has 0 radical (unpaired) electrons. The Balaban J connectivity index is 1.59. The average Bonchev–Trinajstić information content (AvgIpc) is 2.62. The average molecular weight is 336 g/mol. The molecule has 25 heavy (non-hydrogen) atoms. The van der Waals surface area contributed by atoms with Crippen LogP contribution in [-0.2, 0) is 12.8 Å². The summed E-state index contributed by atoms with van der Waals surface area (Å²) in [5, 5.41) is 3.05. The fourth-order valence-electron chi connectivity index (χ4n) is 3.63. The first-order valence-corrected chi connectivity index (χ1v) is 9.39. The predicted octanol–water partition coefficient (Wildman–Crippen LogP) is 4.13. The minimum Gasteiger partial charge on any atom is -0.371 e. The van der Waals surface area contributed by atoms with Crippen molar-refractivity contribution in [1.29, 1.82) is 0 Å². The van der Waals surface area contributed by atoms with E-state index in [9.17, 15) is 4.79 Å². The number of rotatable bonds is 6. The van der Waals surface area contributed by atoms with Gasteiger partial charge in [-0.1, -0.05) is 37.3 Å². The lowest BCUT2D eigenvalue weighted by Crippen LogP contribution is -2.30. The maximum absolute atomic E-state index is 12.3. The first kappa shape index (κ1) is 17.5. The van der Waals surface area contributed by atoms with Gasteiger partial charge < -0.3 is 10.2 Å². The molecule has 2 aromatic rings. The molecule has 0 saturated heterocycles. The summed E-state index contributed by atoms with van der Waals surface area (Å²) >= 11 is 0. The Morgan fingerprint density at radius 1 is 1.20 bits per heavy atom. The Morgan fingerprint density at radius 2 is 2.04 bits per heavy atom. The van der Waals surface area contributed by atoms with Crippen LogP contribution in [0.3, 0.4) is 0 Å². The third-order valence-electron chi connectivity index (χ3n) is 4.94. The summed E-state index contributed by atoms with van der Waals surface area (Å²) < 4.78 is 0. The zero-order chi connectivity index (χ0) is 17.6. The number of fused-ring (bicyclic) bond motifs is 1. The number of hydrogen-bond acceptors (Lipinski definition) is 2. The molecule has 3 nitrogen and oxygen atoms in total. The smallest absolute Gasteiger partial charge is 0.251 e. The zero-order valence-electron chi connectivity index (χ0n) is 15.3. The first-order valence-electron chi connectivity index (χ1n) is 9.39. The van der Waals surface area contributed by atoms with Crippen molar-refractivity contribution in [2.45, 2.75) is 39.5 Å². The molecule has 3 heteroatoms. The van der Waals surface area contributed by atoms with E-state index in [-0.39, 0.29) is 5.91 Å². The molecular formula is C22H28N2O. The van der Waals surface area contributed by atoms with Gasteiger partial charge in [-0.15, -0.1) is 0 Å². The van der Waals surface area contributed by atoms with Crippen molar-refractivity contribution in [2.24, 2.45) is 0 Å². The van der Waals surface area contributed by atoms with Crippen LogP contribution < -0.4 is 10.2 Å². The molecule has 0 spiro atoms. The number of hydrogen-bond donors (Lipinski definition) is 1. The molecule has 0 bridgehead atoms. The van der Waals surface area contributed by atoms with Crippen LogP contribution in [-0.4, -0.2) is 25.5 Å². The van der Waals surface area contributed by atoms with E-state index in [1.807, 2.05) is 31.2 Å². The molecule has 1 N–H and O–H groups in total. The maximum Gasteiger partial charge on any atom is 0.251 e. The summed E-state index contributed by atoms with van der Waals surface area (Å²) in [4.78, 5) is 14.8. The van der Waals surface area contributed by atoms with Gasteiger partial charge in [0.1, 0.15) is 0 Å². The van der Waals surface area contributed by atoms with E-state index in [0.29, 0.717) is 6.54 Å². The molecule has 0 atom stereocenters. The van der Waals surface area contributed by atoms with Crippen molar-refractivity contribution < 1.29 is 4.79 Å². The van der Waals surface area contributed by atoms with Gasteiger partial charge in [0.05, 0.1) is 0 Å². The Kier molecular flexibility index (Phi) is 5.75. The molecule has 2 aromatic carbocycles. The second-order valence-electron chi connectivity index (χ2n) is 6.87. The normalized spacial score (nSPS) is 13.4. The highest BCUT2D eigenvalue weighted by Gasteiger charge is 2.16. The first-order chi connectivity index (χ1) is 12.2. The number of anilines is 1. The monoisotopic (exact) mass is 336 g/mol. The Labute approximate surface area is 151 Å². The van der Waals surface area contributed by atoms with Gasteiger partial charge >= 0.3 is 0 Å². The number of nitrogens with one attached hydrogen (secondary N) is 1. The topological polar surface area (TPSA) is 32.3 Å². The third kappa shape index (κ3) is 4.22. The van der Waals surface area contributed by atoms with Crippen molar-refractivity contribution in [3.8, 4) is 0 Å². The second kappa shape index (κ2) is 8.19. The van der Waals surface area contributed by atoms with Crippen LogP contribution >= 0.6 is 0 Å². The molecule has 1 aliphatic heterocycles. The van der Waals surface area contributed by atoms with E-state index in [1.54, 1.807) is 0 Å². The highest BCUT2D eigenvalue weighted by Crippen LogP contribution is 2.28. The van der Waals surface area contributed by atoms with E-state index in [1.165, 1.54) is 42.6 Å². The van der Waals surface area contributed by atoms with E-state index in [0.717, 1.165) is 24.1 Å². The molecule has 1 aliphatic rings. The number of aryl methyl sites for hydroxylation is 2. The van der Waals surface area contributed by atoms with Gasteiger partial charge in [0.2, 0.25) is 0 Å². The summed E-state index contributed by atoms with van der Waals surface area (Å²) in [5.74, 6) is 0.0187. The van der Waals surface area contributed by atoms with Gasteiger partial charge in [-0.2, -0.15) is 0 Å². The van der Waals surface area contributed by atoms with Crippen LogP contribution in [0.4, 0.5) is 5.69 Å². The quantitative estimate of drug-likeness (QED) is 0.860. The summed E-state index contributed by atoms with van der Waals surface area (Å²) in [6.07, 6.45) is 4.46. The third-order valence-corrected chi connectivity index (χ3v) is 4.94. The Bertz CT molecular complexity index is 739. The molecule has 1 heterocycles. The molecule has 132 valence electrons. The summed E-state index contributed by atoms with van der Waals surface area (Å²) in [6, 6.07) is 14.5. The number of amides is 1. The Morgan fingerprint density at radius 3 is 2.84 bits per heavy atom. The lowest BCUT2D eigenvalue weighted by Gasteiger charge is -2.31. The Hall–Kier alpha value is -2.29. The molecule has 0 saturated carbocycles. The number of carbonyl (C=O) groups is 1. The van der Waals surface area contributed by atoms with Gasteiger partial charge in [-0.3, -0.25) is 4.79 Å². The van der Waals surface area contributed by atoms with Gasteiger partial charge in [0, 0.05) is 30.9 Å². The molecule has 3 rings (SSSR count). The standard InChI is InChI=1S/C22H28N2O/c1-3-14-24-15-6-8-19-16-18(10-11-21(19)24)12-13-23-22(25)20-9-5-4-7-17(20)2/h4-5,7,9-11,16H,3,6,8,12-15H2,1-2H3,(H,23,25). The minimum absolute atomic E-state index is 0.0187. The van der Waals surface area contributed by atoms with Gasteiger partial charge in [0.25, 0.3) is 5.91 Å². The fourth-order valence-corrected chi connectivity index (χ4v) is 3.63. The van der Waals surface area contributed by atoms with Crippen molar-refractivity contribution in [1.82, 2.24) is 5.32 Å². The van der Waals surface area contributed by atoms with E-state index < -0.39 is 0 Å². The van der Waals surface area contributed by atoms with Gasteiger partial charge in [-0.25, -0.2) is 0 Å². The molecule has 0 unspecified atom stereocenters. The van der Waals surface area contributed by atoms with Crippen LogP contribution in [0.5, 0.6) is 0 Å². The zero-order valence-corrected chi connectivity index (χ0v) is 15.3. The lowest BCUT2D eigenvalue weighted by atomic mass is 9.98. The van der Waals surface area contributed by atoms with E-state index in [4.69, 9.17) is 0 Å². The summed E-state index contributed by atoms with van der Waals surface area (Å²) in [5.41, 5.74) is 5.96. The van der Waals surface area contributed by atoms with E-state index in [2.05, 4.69) is 35.3 Å². The largest absolute Gasteiger partial charge is 0.371 e. The highest BCUT2D eigenvalue weighted by atomic mass is 16.1. The van der Waals surface area contributed by atoms with Crippen LogP contribution in [0.2, 0.25) is 0 Å². The fraction of sp³-hybridized carbons (Fsp3) is 0.409. The minimum atomic E-state index is 0.0187. The van der Waals surface area contributed by atoms with Crippen LogP contribution in [0.15, 0.2) is 42.5 Å². The van der Waals surface area contributed by atoms with Crippen molar-refractivity contribution in [3.63, 3.8) is 0 Å². The second-order valence-corrected chi connectivity index (χ2v) is 6.87. The van der Waals surface area contributed by atoms with Crippen LogP contribution in [0.1, 0.15) is 46.8 Å². The van der Waals surface area contributed by atoms with E-state index >= 15 is 0 Å². The molecule has 0 fully saturated rings. The number of nitrogens with zero attached hydrogens (tertiary/aromatic N) is 1. The van der Waals surface area contributed by atoms with Crippen molar-refractivity contribution >= 4 is 11.6 Å². The van der Waals surface area contributed by atoms with Crippen LogP contribution in [0.25, 0.3) is 0 Å². The van der Waals surface area contributed by atoms with Crippen molar-refractivity contribution in [2.75, 3.05) is 24.5 Å². The number of benzene rings is 2. The number of carbonyl (C=O) groups excluding carboxylic acids is 1. The SMILES string of the molecule is CCCN1CCCc2cc(CCNC(=O)c3ccccc3C)ccc21. The molecule has 0 aromatic heterocycles. The van der Waals surface area contributed by atoms with Crippen LogP contribution in [0, 0.1) is 6.92 Å². The predicted molar refractivity (Wildman–Crippen MR) is 104 cm³/mol. The highest BCUT2D eigenvalue weighted by molar-refractivity contribution is 5.95. The maximum atomic E-state index is 12.3. The summed E-state index contributed by atoms with van der Waals surface area (Å²) in [7, 11) is 0.